The molecule has 1 aliphatic rings. The number of aliphatic hydroxyl groups is 3. The Kier molecular flexibility index (Phi) is 3.63. The Morgan fingerprint density at radius 1 is 1.60 bits per heavy atom. The monoisotopic (exact) mass is 240 g/mol. The molecule has 0 saturated carbocycles. The summed E-state index contributed by atoms with van der Waals surface area (Å²) in [5, 5.41) is 26.9. The third-order valence-electron chi connectivity index (χ3n) is 1.61. The Bertz CT molecular complexity index is 323. The molecule has 0 amide bonds. The average molecular weight is 240 g/mol. The number of ether oxygens (including phenoxy) is 1. The first-order chi connectivity index (χ1) is 6.97. The number of esters is 1. The summed E-state index contributed by atoms with van der Waals surface area (Å²) in [6.07, 6.45) is -3.01. The van der Waals surface area contributed by atoms with Crippen LogP contribution < -0.4 is 0 Å². The molecule has 9 heteroatoms. The van der Waals surface area contributed by atoms with Gasteiger partial charge in [0.2, 0.25) is 0 Å². The van der Waals surface area contributed by atoms with E-state index >= 15 is 0 Å². The van der Waals surface area contributed by atoms with E-state index in [-0.39, 0.29) is 0 Å². The van der Waals surface area contributed by atoms with Crippen molar-refractivity contribution in [3.8, 4) is 0 Å². The lowest BCUT2D eigenvalue weighted by atomic mass is 10.2. The lowest BCUT2D eigenvalue weighted by Crippen LogP contribution is -2.31. The van der Waals surface area contributed by atoms with Gasteiger partial charge in [0.05, 0.1) is 6.61 Å². The predicted molar refractivity (Wildman–Crippen MR) is 44.5 cm³/mol. The fraction of sp³-hybridized carbons (Fsp3) is 0.500. The van der Waals surface area contributed by atoms with Crippen LogP contribution in [0.3, 0.4) is 0 Å². The molecule has 0 bridgehead atoms. The Balaban J connectivity index is 2.88. The van der Waals surface area contributed by atoms with Gasteiger partial charge in [0.15, 0.2) is 11.9 Å². The summed E-state index contributed by atoms with van der Waals surface area (Å²) in [6, 6.07) is 0. The summed E-state index contributed by atoms with van der Waals surface area (Å²) in [7, 11) is 0. The van der Waals surface area contributed by atoms with E-state index < -0.39 is 47.7 Å². The van der Waals surface area contributed by atoms with Gasteiger partial charge in [-0.3, -0.25) is 4.55 Å². The molecule has 1 unspecified atom stereocenters. The van der Waals surface area contributed by atoms with Crippen molar-refractivity contribution in [1.29, 1.82) is 0 Å². The summed E-state index contributed by atoms with van der Waals surface area (Å²) in [4.78, 5) is 10.9. The molecule has 86 valence electrons. The van der Waals surface area contributed by atoms with Crippen molar-refractivity contribution in [1.82, 2.24) is 0 Å². The highest BCUT2D eigenvalue weighted by Crippen LogP contribution is 2.24. The molecule has 1 heterocycles. The van der Waals surface area contributed by atoms with Crippen molar-refractivity contribution < 1.29 is 37.8 Å². The second kappa shape index (κ2) is 4.57. The molecule has 1 rings (SSSR count). The Morgan fingerprint density at radius 3 is 2.67 bits per heavy atom. The highest BCUT2D eigenvalue weighted by molar-refractivity contribution is 7.74. The fourth-order valence-corrected chi connectivity index (χ4v) is 1.26. The SMILES string of the molecule is O=C1O[C@H]([C@@H](O)CO)C(O)=C1OS(=O)O. The smallest absolute Gasteiger partial charge is 0.379 e. The van der Waals surface area contributed by atoms with E-state index in [9.17, 15) is 14.1 Å². The summed E-state index contributed by atoms with van der Waals surface area (Å²) < 4.78 is 27.0. The van der Waals surface area contributed by atoms with E-state index in [1.165, 1.54) is 0 Å². The van der Waals surface area contributed by atoms with E-state index in [2.05, 4.69) is 8.92 Å². The molecule has 3 atom stereocenters. The van der Waals surface area contributed by atoms with E-state index in [1.807, 2.05) is 0 Å². The topological polar surface area (TPSA) is 134 Å². The van der Waals surface area contributed by atoms with Gasteiger partial charge in [-0.05, 0) is 0 Å². The molecular formula is C6H8O8S. The van der Waals surface area contributed by atoms with Crippen LogP contribution in [0.15, 0.2) is 11.5 Å². The average Bonchev–Trinajstić information content (AvgIpc) is 2.44. The highest BCUT2D eigenvalue weighted by Gasteiger charge is 2.41. The van der Waals surface area contributed by atoms with E-state index in [0.29, 0.717) is 0 Å². The first-order valence-corrected chi connectivity index (χ1v) is 4.72. The molecular weight excluding hydrogens is 232 g/mol. The summed E-state index contributed by atoms with van der Waals surface area (Å²) in [6.45, 7) is -0.752. The van der Waals surface area contributed by atoms with Gasteiger partial charge >= 0.3 is 17.3 Å². The number of hydrogen-bond acceptors (Lipinski definition) is 7. The summed E-state index contributed by atoms with van der Waals surface area (Å²) in [5.41, 5.74) is 0. The predicted octanol–water partition coefficient (Wildman–Crippen LogP) is -1.81. The van der Waals surface area contributed by atoms with Gasteiger partial charge in [0, 0.05) is 0 Å². The first-order valence-electron chi connectivity index (χ1n) is 3.69. The number of carbonyl (C=O) groups is 1. The normalized spacial score (nSPS) is 25.0. The molecule has 4 N–H and O–H groups in total. The van der Waals surface area contributed by atoms with Crippen molar-refractivity contribution in [2.45, 2.75) is 12.2 Å². The van der Waals surface area contributed by atoms with Crippen molar-refractivity contribution in [3.05, 3.63) is 11.5 Å². The molecule has 1 aliphatic heterocycles. The van der Waals surface area contributed by atoms with Gasteiger partial charge in [-0.25, -0.2) is 4.79 Å². The minimum absolute atomic E-state index is 0.752. The van der Waals surface area contributed by atoms with Gasteiger partial charge in [0.1, 0.15) is 6.10 Å². The van der Waals surface area contributed by atoms with E-state index in [0.717, 1.165) is 0 Å². The van der Waals surface area contributed by atoms with Crippen LogP contribution in [0, 0.1) is 0 Å². The maximum atomic E-state index is 10.9. The van der Waals surface area contributed by atoms with Crippen LogP contribution in [0.2, 0.25) is 0 Å². The van der Waals surface area contributed by atoms with Crippen LogP contribution in [0.5, 0.6) is 0 Å². The van der Waals surface area contributed by atoms with Gasteiger partial charge in [-0.2, -0.15) is 4.21 Å². The van der Waals surface area contributed by atoms with Gasteiger partial charge in [-0.15, -0.1) is 0 Å². The van der Waals surface area contributed by atoms with Crippen LogP contribution in [0.1, 0.15) is 0 Å². The second-order valence-corrected chi connectivity index (χ2v) is 3.19. The molecule has 0 radical (unpaired) electrons. The van der Waals surface area contributed by atoms with Crippen molar-refractivity contribution in [3.63, 3.8) is 0 Å². The minimum Gasteiger partial charge on any atom is -0.505 e. The molecule has 0 aliphatic carbocycles. The van der Waals surface area contributed by atoms with E-state index in [1.54, 1.807) is 0 Å². The Labute approximate surface area is 86.2 Å². The number of carbonyl (C=O) groups excluding carboxylic acids is 1. The minimum atomic E-state index is -2.79. The van der Waals surface area contributed by atoms with Crippen LogP contribution in [0.4, 0.5) is 0 Å². The number of rotatable bonds is 4. The lowest BCUT2D eigenvalue weighted by molar-refractivity contribution is -0.147. The molecule has 0 aromatic heterocycles. The van der Waals surface area contributed by atoms with Crippen LogP contribution >= 0.6 is 0 Å². The first kappa shape index (κ1) is 11.9. The third-order valence-corrected chi connectivity index (χ3v) is 1.92. The molecule has 0 aromatic rings. The fourth-order valence-electron chi connectivity index (χ4n) is 0.963. The number of cyclic esters (lactones) is 1. The standard InChI is InChI=1S/C6H8O8S/c7-1-2(8)4-3(9)5(6(10)13-4)14-15(11)12/h2,4,7-9H,1H2,(H,11,12)/t2-,4+/m0/s1. The number of hydrogen-bond donors (Lipinski definition) is 4. The quantitative estimate of drug-likeness (QED) is 0.333. The zero-order valence-electron chi connectivity index (χ0n) is 7.19. The summed E-state index contributed by atoms with van der Waals surface area (Å²) in [5.74, 6) is -2.87. The third kappa shape index (κ3) is 2.45. The van der Waals surface area contributed by atoms with Crippen molar-refractivity contribution >= 4 is 17.3 Å². The maximum Gasteiger partial charge on any atom is 0.379 e. The highest BCUT2D eigenvalue weighted by atomic mass is 32.2. The van der Waals surface area contributed by atoms with Crippen LogP contribution in [-0.4, -0.2) is 48.9 Å². The Morgan fingerprint density at radius 2 is 2.20 bits per heavy atom. The van der Waals surface area contributed by atoms with E-state index in [4.69, 9.17) is 14.8 Å². The molecule has 0 spiro atoms. The molecule has 8 nitrogen and oxygen atoms in total. The molecule has 0 fully saturated rings. The maximum absolute atomic E-state index is 10.9. The molecule has 0 aromatic carbocycles. The second-order valence-electron chi connectivity index (χ2n) is 2.59. The van der Waals surface area contributed by atoms with Gasteiger partial charge < -0.3 is 24.2 Å². The zero-order valence-corrected chi connectivity index (χ0v) is 8.01. The largest absolute Gasteiger partial charge is 0.505 e. The lowest BCUT2D eigenvalue weighted by Gasteiger charge is -2.13. The number of aliphatic hydroxyl groups excluding tert-OH is 3. The van der Waals surface area contributed by atoms with Crippen molar-refractivity contribution in [2.75, 3.05) is 6.61 Å². The van der Waals surface area contributed by atoms with Crippen LogP contribution in [-0.2, 0) is 25.1 Å². The molecule has 15 heavy (non-hydrogen) atoms. The van der Waals surface area contributed by atoms with Crippen LogP contribution in [0.25, 0.3) is 0 Å². The van der Waals surface area contributed by atoms with Gasteiger partial charge in [0.25, 0.3) is 5.76 Å². The zero-order chi connectivity index (χ0) is 11.6. The van der Waals surface area contributed by atoms with Gasteiger partial charge in [-0.1, -0.05) is 0 Å². The Hall–Kier alpha value is -1.16. The van der Waals surface area contributed by atoms with Crippen molar-refractivity contribution in [2.24, 2.45) is 0 Å². The molecule has 0 saturated heterocycles. The summed E-state index contributed by atoms with van der Waals surface area (Å²) >= 11 is -2.79.